The standard InChI is InChI=1S/C57H39N3O2/c1-34-22-27-47(58-57(40-24-23-35-12-2-3-13-36(35)30-40)59-55(34)39-25-28-52-46(32-39)42-17-7-10-20-50(42)61-52)43-26-29-53-54(44-18-8-11-21-51(44)62-53)56(43)60-48-19-9-6-16-41(48)45-31-37-14-4-5-15-38(37)33-49(45)60/h2-21,23-34,53-54H,22H2,1H3/b47-27+,58-57?,59-55?. The molecule has 2 aliphatic heterocycles. The topological polar surface area (TPSA) is 52.0 Å². The number of hydrogen-bond donors (Lipinski definition) is 0. The first-order valence-corrected chi connectivity index (χ1v) is 21.5. The molecule has 5 heteroatoms. The van der Waals surface area contributed by atoms with Gasteiger partial charge < -0.3 is 13.7 Å². The number of hydrogen-bond acceptors (Lipinski definition) is 4. The molecular formula is C57H39N3O2. The average Bonchev–Trinajstić information content (AvgIpc) is 3.98. The molecule has 0 saturated heterocycles. The smallest absolute Gasteiger partial charge is 0.160 e. The largest absolute Gasteiger partial charge is 0.485 e. The summed E-state index contributed by atoms with van der Waals surface area (Å²) in [5.74, 6) is 1.61. The van der Waals surface area contributed by atoms with Gasteiger partial charge in [0.1, 0.15) is 23.0 Å². The zero-order valence-electron chi connectivity index (χ0n) is 34.0. The van der Waals surface area contributed by atoms with Crippen LogP contribution in [-0.4, -0.2) is 22.2 Å². The van der Waals surface area contributed by atoms with Crippen LogP contribution in [0.25, 0.3) is 71.0 Å². The van der Waals surface area contributed by atoms with Gasteiger partial charge in [-0.2, -0.15) is 0 Å². The van der Waals surface area contributed by atoms with E-state index in [-0.39, 0.29) is 17.9 Å². The van der Waals surface area contributed by atoms with Crippen molar-refractivity contribution in [1.29, 1.82) is 0 Å². The van der Waals surface area contributed by atoms with Crippen molar-refractivity contribution in [2.24, 2.45) is 15.9 Å². The quantitative estimate of drug-likeness (QED) is 0.178. The van der Waals surface area contributed by atoms with Gasteiger partial charge in [-0.05, 0) is 94.2 Å². The highest BCUT2D eigenvalue weighted by molar-refractivity contribution is 6.17. The van der Waals surface area contributed by atoms with Crippen LogP contribution in [0.4, 0.5) is 0 Å². The van der Waals surface area contributed by atoms with Gasteiger partial charge in [-0.15, -0.1) is 0 Å². The first-order valence-electron chi connectivity index (χ1n) is 21.5. The fourth-order valence-corrected chi connectivity index (χ4v) is 10.2. The van der Waals surface area contributed by atoms with E-state index in [1.807, 2.05) is 12.1 Å². The lowest BCUT2D eigenvalue weighted by atomic mass is 9.83. The molecule has 4 heterocycles. The van der Waals surface area contributed by atoms with Crippen molar-refractivity contribution in [2.45, 2.75) is 25.4 Å². The number of para-hydroxylation sites is 3. The Labute approximate surface area is 357 Å². The molecule has 2 aromatic heterocycles. The minimum Gasteiger partial charge on any atom is -0.485 e. The van der Waals surface area contributed by atoms with Crippen molar-refractivity contribution in [3.8, 4) is 5.75 Å². The highest BCUT2D eigenvalue weighted by Gasteiger charge is 2.41. The summed E-state index contributed by atoms with van der Waals surface area (Å²) in [6.07, 6.45) is 7.42. The Bertz CT molecular complexity index is 3690. The third-order valence-electron chi connectivity index (χ3n) is 13.2. The van der Waals surface area contributed by atoms with Crippen molar-refractivity contribution in [3.05, 3.63) is 216 Å². The molecule has 62 heavy (non-hydrogen) atoms. The van der Waals surface area contributed by atoms with Crippen molar-refractivity contribution in [1.82, 2.24) is 4.57 Å². The van der Waals surface area contributed by atoms with E-state index in [4.69, 9.17) is 19.1 Å². The molecule has 294 valence electrons. The summed E-state index contributed by atoms with van der Waals surface area (Å²) in [6, 6.07) is 60.5. The predicted octanol–water partition coefficient (Wildman–Crippen LogP) is 14.2. The van der Waals surface area contributed by atoms with Crippen molar-refractivity contribution >= 4 is 82.5 Å². The van der Waals surface area contributed by atoms with Crippen LogP contribution >= 0.6 is 0 Å². The molecule has 8 aromatic carbocycles. The summed E-state index contributed by atoms with van der Waals surface area (Å²) in [4.78, 5) is 11.3. The highest BCUT2D eigenvalue weighted by Crippen LogP contribution is 2.51. The van der Waals surface area contributed by atoms with Crippen LogP contribution in [0.1, 0.15) is 36.0 Å². The second-order valence-electron chi connectivity index (χ2n) is 16.9. The molecule has 0 N–H and O–H groups in total. The molecule has 3 unspecified atom stereocenters. The van der Waals surface area contributed by atoms with E-state index in [1.54, 1.807) is 0 Å². The van der Waals surface area contributed by atoms with E-state index in [2.05, 4.69) is 187 Å². The molecule has 10 aromatic rings. The predicted molar refractivity (Wildman–Crippen MR) is 256 cm³/mol. The Morgan fingerprint density at radius 2 is 1.27 bits per heavy atom. The van der Waals surface area contributed by atoms with Crippen LogP contribution in [0.2, 0.25) is 0 Å². The molecular weight excluding hydrogens is 759 g/mol. The van der Waals surface area contributed by atoms with E-state index in [1.165, 1.54) is 32.5 Å². The maximum atomic E-state index is 6.76. The molecule has 3 aliphatic rings. The molecule has 0 fully saturated rings. The molecule has 3 atom stereocenters. The second-order valence-corrected chi connectivity index (χ2v) is 16.9. The molecule has 1 aliphatic carbocycles. The number of aliphatic imine (C=N–C) groups is 2. The fraction of sp³-hybridized carbons (Fsp3) is 0.0877. The zero-order chi connectivity index (χ0) is 40.9. The molecule has 0 amide bonds. The zero-order valence-corrected chi connectivity index (χ0v) is 34.0. The van der Waals surface area contributed by atoms with E-state index in [0.717, 1.165) is 84.3 Å². The number of allylic oxidation sites excluding steroid dienone is 2. The van der Waals surface area contributed by atoms with E-state index >= 15 is 0 Å². The van der Waals surface area contributed by atoms with Gasteiger partial charge >= 0.3 is 0 Å². The van der Waals surface area contributed by atoms with Crippen molar-refractivity contribution in [3.63, 3.8) is 0 Å². The number of nitrogens with zero attached hydrogens (tertiary/aromatic N) is 3. The van der Waals surface area contributed by atoms with Gasteiger partial charge in [0.2, 0.25) is 0 Å². The maximum Gasteiger partial charge on any atom is 0.160 e. The molecule has 0 radical (unpaired) electrons. The summed E-state index contributed by atoms with van der Waals surface area (Å²) in [7, 11) is 0. The molecule has 0 spiro atoms. The monoisotopic (exact) mass is 797 g/mol. The Hall–Kier alpha value is -7.76. The lowest BCUT2D eigenvalue weighted by molar-refractivity contribution is 0.269. The first-order chi connectivity index (χ1) is 30.6. The van der Waals surface area contributed by atoms with Gasteiger partial charge in [-0.3, -0.25) is 0 Å². The van der Waals surface area contributed by atoms with Crippen LogP contribution in [0.3, 0.4) is 0 Å². The van der Waals surface area contributed by atoms with Gasteiger partial charge in [0.25, 0.3) is 0 Å². The molecule has 5 nitrogen and oxygen atoms in total. The van der Waals surface area contributed by atoms with Gasteiger partial charge in [-0.1, -0.05) is 134 Å². The van der Waals surface area contributed by atoms with Gasteiger partial charge in [-0.25, -0.2) is 9.98 Å². The Balaban J connectivity index is 1.08. The summed E-state index contributed by atoms with van der Waals surface area (Å²) in [5, 5.41) is 9.39. The number of fused-ring (bicyclic) bond motifs is 11. The van der Waals surface area contributed by atoms with Crippen LogP contribution in [-0.2, 0) is 0 Å². The fourth-order valence-electron chi connectivity index (χ4n) is 10.2. The SMILES string of the molecule is CC1C/C=C(\C2=C(n3c4ccccc4c4cc5ccccc5cc43)C3c4ccccc4OC3C=C2)N=C(c2ccc3ccccc3c2)N=C1c1ccc2oc3ccccc3c2c1. The van der Waals surface area contributed by atoms with Crippen LogP contribution < -0.4 is 4.74 Å². The van der Waals surface area contributed by atoms with Crippen molar-refractivity contribution in [2.75, 3.05) is 0 Å². The summed E-state index contributed by atoms with van der Waals surface area (Å²) < 4.78 is 15.5. The average molecular weight is 798 g/mol. The summed E-state index contributed by atoms with van der Waals surface area (Å²) in [5.41, 5.74) is 11.4. The second kappa shape index (κ2) is 13.6. The molecule has 0 bridgehead atoms. The lowest BCUT2D eigenvalue weighted by Crippen LogP contribution is -2.24. The van der Waals surface area contributed by atoms with Crippen LogP contribution in [0.5, 0.6) is 5.75 Å². The normalized spacial score (nSPS) is 19.6. The van der Waals surface area contributed by atoms with Crippen LogP contribution in [0, 0.1) is 5.92 Å². The first kappa shape index (κ1) is 35.0. The van der Waals surface area contributed by atoms with E-state index in [0.29, 0.717) is 5.84 Å². The van der Waals surface area contributed by atoms with Crippen LogP contribution in [0.15, 0.2) is 214 Å². The maximum absolute atomic E-state index is 6.76. The molecule has 0 saturated carbocycles. The third kappa shape index (κ3) is 5.41. The van der Waals surface area contributed by atoms with Crippen molar-refractivity contribution < 1.29 is 9.15 Å². The third-order valence-corrected chi connectivity index (χ3v) is 13.2. The lowest BCUT2D eigenvalue weighted by Gasteiger charge is -2.29. The Morgan fingerprint density at radius 3 is 2.16 bits per heavy atom. The highest BCUT2D eigenvalue weighted by atomic mass is 16.5. The van der Waals surface area contributed by atoms with E-state index < -0.39 is 0 Å². The molecule has 13 rings (SSSR count). The number of ether oxygens (including phenoxy) is 1. The number of benzene rings is 8. The number of amidine groups is 1. The minimum atomic E-state index is -0.168. The minimum absolute atomic E-state index is 0.0738. The summed E-state index contributed by atoms with van der Waals surface area (Å²) in [6.45, 7) is 2.29. The Morgan fingerprint density at radius 1 is 0.565 bits per heavy atom. The number of aromatic nitrogens is 1. The summed E-state index contributed by atoms with van der Waals surface area (Å²) >= 11 is 0. The Kier molecular flexibility index (Phi) is 7.70. The number of rotatable bonds is 4. The number of furan rings is 1. The van der Waals surface area contributed by atoms with Gasteiger partial charge in [0.05, 0.1) is 28.4 Å². The van der Waals surface area contributed by atoms with Gasteiger partial charge in [0.15, 0.2) is 5.84 Å². The van der Waals surface area contributed by atoms with Gasteiger partial charge in [0, 0.05) is 49.9 Å². The van der Waals surface area contributed by atoms with E-state index in [9.17, 15) is 0 Å².